The highest BCUT2D eigenvalue weighted by atomic mass is 35.5. The summed E-state index contributed by atoms with van der Waals surface area (Å²) < 4.78 is 27.9. The van der Waals surface area contributed by atoms with Crippen molar-refractivity contribution in [2.75, 3.05) is 0 Å². The molecular formula is C20H20ClNO4S. The van der Waals surface area contributed by atoms with Crippen molar-refractivity contribution in [3.8, 4) is 0 Å². The van der Waals surface area contributed by atoms with E-state index in [-0.39, 0.29) is 4.90 Å². The van der Waals surface area contributed by atoms with Crippen molar-refractivity contribution in [2.45, 2.75) is 31.6 Å². The summed E-state index contributed by atoms with van der Waals surface area (Å²) in [6.07, 6.45) is 0.606. The van der Waals surface area contributed by atoms with Gasteiger partial charge in [0.05, 0.1) is 15.8 Å². The highest BCUT2D eigenvalue weighted by Gasteiger charge is 2.29. The molecule has 7 heteroatoms. The van der Waals surface area contributed by atoms with Gasteiger partial charge in [0.25, 0.3) is 10.0 Å². The van der Waals surface area contributed by atoms with E-state index in [9.17, 15) is 18.3 Å². The second-order valence-electron chi connectivity index (χ2n) is 7.11. The van der Waals surface area contributed by atoms with E-state index in [1.807, 2.05) is 0 Å². The fourth-order valence-corrected chi connectivity index (χ4v) is 4.69. The minimum atomic E-state index is -3.83. The Labute approximate surface area is 163 Å². The Balaban J connectivity index is 2.16. The van der Waals surface area contributed by atoms with E-state index >= 15 is 0 Å². The minimum Gasteiger partial charge on any atom is -0.481 e. The quantitative estimate of drug-likeness (QED) is 0.651. The molecule has 0 aliphatic heterocycles. The number of carboxylic acids is 1. The third kappa shape index (κ3) is 3.73. The summed E-state index contributed by atoms with van der Waals surface area (Å²) in [6, 6.07) is 15.0. The maximum atomic E-state index is 13.3. The van der Waals surface area contributed by atoms with Crippen molar-refractivity contribution < 1.29 is 18.3 Å². The van der Waals surface area contributed by atoms with Crippen LogP contribution in [0.5, 0.6) is 0 Å². The van der Waals surface area contributed by atoms with Crippen LogP contribution in [0.3, 0.4) is 0 Å². The lowest BCUT2D eigenvalue weighted by Gasteiger charge is -2.19. The number of aryl methyl sites for hydroxylation is 1. The van der Waals surface area contributed by atoms with Crippen molar-refractivity contribution in [1.29, 1.82) is 0 Å². The number of halogens is 1. The van der Waals surface area contributed by atoms with Gasteiger partial charge in [0.2, 0.25) is 0 Å². The molecule has 142 valence electrons. The maximum Gasteiger partial charge on any atom is 0.309 e. The molecule has 0 fully saturated rings. The van der Waals surface area contributed by atoms with E-state index in [0.29, 0.717) is 34.5 Å². The van der Waals surface area contributed by atoms with E-state index < -0.39 is 21.4 Å². The van der Waals surface area contributed by atoms with Crippen LogP contribution in [-0.4, -0.2) is 23.5 Å². The average Bonchev–Trinajstić information content (AvgIpc) is 2.99. The molecule has 0 saturated heterocycles. The molecule has 0 saturated carbocycles. The smallest absolute Gasteiger partial charge is 0.309 e. The number of carboxylic acid groups (broad SMARTS) is 1. The Kier molecular flexibility index (Phi) is 5.06. The van der Waals surface area contributed by atoms with Gasteiger partial charge in [-0.1, -0.05) is 29.8 Å². The van der Waals surface area contributed by atoms with E-state index in [2.05, 4.69) is 0 Å². The number of benzene rings is 2. The Morgan fingerprint density at radius 1 is 1.11 bits per heavy atom. The van der Waals surface area contributed by atoms with Gasteiger partial charge in [0.15, 0.2) is 0 Å². The predicted molar refractivity (Wildman–Crippen MR) is 106 cm³/mol. The zero-order valence-electron chi connectivity index (χ0n) is 15.0. The van der Waals surface area contributed by atoms with Gasteiger partial charge in [-0.05, 0) is 63.1 Å². The SMILES string of the molecule is CC(C)(CCc1cc2cc(Cl)ccc2n1S(=O)(=O)c1ccccc1)C(=O)O. The van der Waals surface area contributed by atoms with Gasteiger partial charge < -0.3 is 5.11 Å². The lowest BCUT2D eigenvalue weighted by Crippen LogP contribution is -2.25. The van der Waals surface area contributed by atoms with Crippen LogP contribution in [0.4, 0.5) is 0 Å². The normalized spacial score (nSPS) is 12.4. The van der Waals surface area contributed by atoms with Gasteiger partial charge >= 0.3 is 5.97 Å². The first-order chi connectivity index (χ1) is 12.6. The molecule has 0 amide bonds. The van der Waals surface area contributed by atoms with Gasteiger partial charge in [-0.25, -0.2) is 12.4 Å². The summed E-state index contributed by atoms with van der Waals surface area (Å²) in [5.41, 5.74) is 0.0898. The number of nitrogens with zero attached hydrogens (tertiary/aromatic N) is 1. The van der Waals surface area contributed by atoms with Gasteiger partial charge in [0, 0.05) is 16.1 Å². The molecule has 1 aromatic heterocycles. The number of hydrogen-bond donors (Lipinski definition) is 1. The van der Waals surface area contributed by atoms with Crippen molar-refractivity contribution >= 4 is 38.5 Å². The fraction of sp³-hybridized carbons (Fsp3) is 0.250. The highest BCUT2D eigenvalue weighted by molar-refractivity contribution is 7.90. The van der Waals surface area contributed by atoms with Gasteiger partial charge in [-0.15, -0.1) is 0 Å². The number of aliphatic carboxylic acids is 1. The molecule has 0 aliphatic carbocycles. The Bertz CT molecular complexity index is 1100. The summed E-state index contributed by atoms with van der Waals surface area (Å²) in [6.45, 7) is 3.26. The summed E-state index contributed by atoms with van der Waals surface area (Å²) in [7, 11) is -3.83. The molecule has 0 atom stereocenters. The zero-order chi connectivity index (χ0) is 19.8. The van der Waals surface area contributed by atoms with Crippen LogP contribution in [0.25, 0.3) is 10.9 Å². The van der Waals surface area contributed by atoms with Crippen LogP contribution in [0.15, 0.2) is 59.5 Å². The molecule has 1 N–H and O–H groups in total. The third-order valence-corrected chi connectivity index (χ3v) is 6.67. The first-order valence-corrected chi connectivity index (χ1v) is 10.3. The van der Waals surface area contributed by atoms with Crippen LogP contribution in [0.2, 0.25) is 5.02 Å². The number of aromatic nitrogens is 1. The zero-order valence-corrected chi connectivity index (χ0v) is 16.6. The Morgan fingerprint density at radius 2 is 1.78 bits per heavy atom. The molecule has 0 spiro atoms. The molecule has 0 radical (unpaired) electrons. The van der Waals surface area contributed by atoms with Crippen LogP contribution in [0, 0.1) is 5.41 Å². The molecule has 1 heterocycles. The summed E-state index contributed by atoms with van der Waals surface area (Å²) >= 11 is 6.07. The molecule has 3 aromatic rings. The second-order valence-corrected chi connectivity index (χ2v) is 9.33. The largest absolute Gasteiger partial charge is 0.481 e. The van der Waals surface area contributed by atoms with E-state index in [1.54, 1.807) is 68.4 Å². The Morgan fingerprint density at radius 3 is 2.41 bits per heavy atom. The van der Waals surface area contributed by atoms with Crippen LogP contribution < -0.4 is 0 Å². The van der Waals surface area contributed by atoms with Crippen molar-refractivity contribution in [3.05, 3.63) is 65.3 Å². The lowest BCUT2D eigenvalue weighted by atomic mass is 9.87. The monoisotopic (exact) mass is 405 g/mol. The van der Waals surface area contributed by atoms with E-state index in [4.69, 9.17) is 11.6 Å². The fourth-order valence-electron chi connectivity index (χ4n) is 2.92. The minimum absolute atomic E-state index is 0.177. The Hall–Kier alpha value is -2.31. The molecule has 0 bridgehead atoms. The van der Waals surface area contributed by atoms with Crippen molar-refractivity contribution in [1.82, 2.24) is 3.97 Å². The molecule has 27 heavy (non-hydrogen) atoms. The molecule has 0 unspecified atom stereocenters. The van der Waals surface area contributed by atoms with Crippen LogP contribution >= 0.6 is 11.6 Å². The van der Waals surface area contributed by atoms with E-state index in [1.165, 1.54) is 3.97 Å². The second kappa shape index (κ2) is 7.02. The average molecular weight is 406 g/mol. The topological polar surface area (TPSA) is 76.4 Å². The number of rotatable bonds is 6. The maximum absolute atomic E-state index is 13.3. The van der Waals surface area contributed by atoms with Gasteiger partial charge in [-0.2, -0.15) is 0 Å². The summed E-state index contributed by atoms with van der Waals surface area (Å²) in [4.78, 5) is 11.6. The molecule has 0 aliphatic rings. The first-order valence-electron chi connectivity index (χ1n) is 8.47. The lowest BCUT2D eigenvalue weighted by molar-refractivity contribution is -0.147. The third-order valence-electron chi connectivity index (χ3n) is 4.66. The standard InChI is InChI=1S/C20H20ClNO4S/c1-20(2,19(23)24)11-10-16-13-14-12-15(21)8-9-18(14)22(16)27(25,26)17-6-4-3-5-7-17/h3-9,12-13H,10-11H2,1-2H3,(H,23,24). The molecule has 2 aromatic carbocycles. The predicted octanol–water partition coefficient (Wildman–Crippen LogP) is 4.58. The highest BCUT2D eigenvalue weighted by Crippen LogP contribution is 2.31. The first kappa shape index (κ1) is 19.5. The van der Waals surface area contributed by atoms with Crippen molar-refractivity contribution in [2.24, 2.45) is 5.41 Å². The van der Waals surface area contributed by atoms with Crippen LogP contribution in [0.1, 0.15) is 26.0 Å². The number of fused-ring (bicyclic) bond motifs is 1. The number of hydrogen-bond acceptors (Lipinski definition) is 3. The summed E-state index contributed by atoms with van der Waals surface area (Å²) in [5, 5.41) is 10.6. The van der Waals surface area contributed by atoms with Gasteiger partial charge in [0.1, 0.15) is 0 Å². The van der Waals surface area contributed by atoms with Gasteiger partial charge in [-0.3, -0.25) is 4.79 Å². The van der Waals surface area contributed by atoms with Crippen molar-refractivity contribution in [3.63, 3.8) is 0 Å². The summed E-state index contributed by atoms with van der Waals surface area (Å²) in [5.74, 6) is -0.917. The van der Waals surface area contributed by atoms with E-state index in [0.717, 1.165) is 0 Å². The molecule has 3 rings (SSSR count). The molecular weight excluding hydrogens is 386 g/mol. The van der Waals surface area contributed by atoms with Crippen LogP contribution in [-0.2, 0) is 21.2 Å². The molecule has 5 nitrogen and oxygen atoms in total. The number of carbonyl (C=O) groups is 1.